The molecular formula is C29H36N4O6. The van der Waals surface area contributed by atoms with E-state index in [1.54, 1.807) is 21.3 Å². The maximum Gasteiger partial charge on any atom is 0.241 e. The highest BCUT2D eigenvalue weighted by Crippen LogP contribution is 2.41. The smallest absolute Gasteiger partial charge is 0.241 e. The van der Waals surface area contributed by atoms with Gasteiger partial charge in [-0.25, -0.2) is 0 Å². The molecule has 39 heavy (non-hydrogen) atoms. The van der Waals surface area contributed by atoms with Crippen LogP contribution in [0.3, 0.4) is 0 Å². The number of rotatable bonds is 8. The third-order valence-electron chi connectivity index (χ3n) is 7.34. The monoisotopic (exact) mass is 536 g/mol. The van der Waals surface area contributed by atoms with Gasteiger partial charge in [-0.2, -0.15) is 4.98 Å². The highest BCUT2D eigenvalue weighted by atomic mass is 16.5. The number of hydrogen-bond donors (Lipinski definition) is 1. The molecule has 0 radical (unpaired) electrons. The van der Waals surface area contributed by atoms with Gasteiger partial charge < -0.3 is 28.8 Å². The first kappa shape index (κ1) is 26.8. The van der Waals surface area contributed by atoms with Crippen LogP contribution in [0.25, 0.3) is 11.4 Å². The van der Waals surface area contributed by atoms with Crippen LogP contribution in [0.15, 0.2) is 40.9 Å². The highest BCUT2D eigenvalue weighted by molar-refractivity contribution is 5.79. The van der Waals surface area contributed by atoms with Crippen molar-refractivity contribution in [2.24, 2.45) is 5.92 Å². The van der Waals surface area contributed by atoms with Crippen LogP contribution in [0, 0.1) is 5.92 Å². The van der Waals surface area contributed by atoms with E-state index in [2.05, 4.69) is 20.4 Å². The number of benzene rings is 2. The molecule has 208 valence electrons. The van der Waals surface area contributed by atoms with E-state index in [0.29, 0.717) is 42.7 Å². The number of hydrogen-bond acceptors (Lipinski definition) is 9. The summed E-state index contributed by atoms with van der Waals surface area (Å²) < 4.78 is 27.8. The summed E-state index contributed by atoms with van der Waals surface area (Å²) in [5.74, 6) is 3.66. The minimum absolute atomic E-state index is 0.0488. The van der Waals surface area contributed by atoms with Crippen molar-refractivity contribution in [3.05, 3.63) is 47.9 Å². The zero-order valence-electron chi connectivity index (χ0n) is 23.2. The zero-order chi connectivity index (χ0) is 27.6. The van der Waals surface area contributed by atoms with Gasteiger partial charge in [-0.15, -0.1) is 0 Å². The Morgan fingerprint density at radius 3 is 2.69 bits per heavy atom. The maximum atomic E-state index is 13.5. The molecule has 0 aliphatic carbocycles. The minimum Gasteiger partial charge on any atom is -0.497 e. The van der Waals surface area contributed by atoms with Gasteiger partial charge in [-0.1, -0.05) is 5.16 Å². The summed E-state index contributed by atoms with van der Waals surface area (Å²) in [5.41, 5.74) is 1.33. The van der Waals surface area contributed by atoms with E-state index < -0.39 is 0 Å². The average molecular weight is 537 g/mol. The number of piperidine rings is 1. The number of amides is 1. The number of nitrogens with one attached hydrogen (secondary N) is 1. The molecule has 3 aromatic rings. The van der Waals surface area contributed by atoms with Gasteiger partial charge in [0.05, 0.1) is 39.8 Å². The van der Waals surface area contributed by atoms with Crippen molar-refractivity contribution >= 4 is 5.91 Å². The van der Waals surface area contributed by atoms with Crippen LogP contribution in [0.4, 0.5) is 0 Å². The second-order valence-corrected chi connectivity index (χ2v) is 10.7. The Bertz CT molecular complexity index is 1320. The van der Waals surface area contributed by atoms with Gasteiger partial charge in [0.1, 0.15) is 17.1 Å². The minimum atomic E-state index is -0.387. The first-order valence-corrected chi connectivity index (χ1v) is 13.2. The molecule has 0 spiro atoms. The summed E-state index contributed by atoms with van der Waals surface area (Å²) in [6, 6.07) is 11.1. The summed E-state index contributed by atoms with van der Waals surface area (Å²) in [7, 11) is 4.82. The van der Waals surface area contributed by atoms with Crippen molar-refractivity contribution in [2.45, 2.75) is 51.3 Å². The van der Waals surface area contributed by atoms with E-state index in [0.717, 1.165) is 42.0 Å². The lowest BCUT2D eigenvalue weighted by Crippen LogP contribution is -2.46. The molecule has 1 aromatic heterocycles. The Kier molecular flexibility index (Phi) is 7.65. The molecule has 1 amide bonds. The number of methoxy groups -OCH3 is 3. The van der Waals surface area contributed by atoms with Crippen molar-refractivity contribution in [2.75, 3.05) is 34.4 Å². The predicted octanol–water partition coefficient (Wildman–Crippen LogP) is 4.39. The fourth-order valence-electron chi connectivity index (χ4n) is 5.39. The second-order valence-electron chi connectivity index (χ2n) is 10.7. The summed E-state index contributed by atoms with van der Waals surface area (Å²) in [6.45, 7) is 6.05. The number of carbonyl (C=O) groups excluding carboxylic acids is 1. The molecule has 2 atom stereocenters. The molecule has 2 aromatic carbocycles. The van der Waals surface area contributed by atoms with Crippen LogP contribution >= 0.6 is 0 Å². The SMILES string of the molecule is COc1ccc2c(c1)C(NC(=O)C1CCCN(Cc3nc(-c4ccc(OC)c(OC)c4)no3)C1)CC(C)(C)O2. The second kappa shape index (κ2) is 11.1. The molecule has 2 unspecified atom stereocenters. The largest absolute Gasteiger partial charge is 0.497 e. The number of fused-ring (bicyclic) bond motifs is 1. The average Bonchev–Trinajstić information content (AvgIpc) is 3.40. The zero-order valence-corrected chi connectivity index (χ0v) is 23.2. The lowest BCUT2D eigenvalue weighted by Gasteiger charge is -2.39. The van der Waals surface area contributed by atoms with Crippen molar-refractivity contribution in [3.8, 4) is 34.4 Å². The number of ether oxygens (including phenoxy) is 4. The summed E-state index contributed by atoms with van der Waals surface area (Å²) in [5, 5.41) is 7.46. The van der Waals surface area contributed by atoms with Crippen LogP contribution < -0.4 is 24.3 Å². The predicted molar refractivity (Wildman–Crippen MR) is 144 cm³/mol. The van der Waals surface area contributed by atoms with E-state index in [-0.39, 0.29) is 23.5 Å². The van der Waals surface area contributed by atoms with Gasteiger partial charge in [-0.05, 0) is 69.6 Å². The normalized spacial score (nSPS) is 20.4. The van der Waals surface area contributed by atoms with Gasteiger partial charge in [-0.3, -0.25) is 9.69 Å². The third-order valence-corrected chi connectivity index (χ3v) is 7.34. The molecule has 2 aliphatic heterocycles. The Morgan fingerprint density at radius 1 is 1.10 bits per heavy atom. The van der Waals surface area contributed by atoms with Crippen molar-refractivity contribution < 1.29 is 28.3 Å². The topological polar surface area (TPSA) is 108 Å². The van der Waals surface area contributed by atoms with Gasteiger partial charge in [0.25, 0.3) is 0 Å². The number of nitrogens with zero attached hydrogens (tertiary/aromatic N) is 3. The molecule has 3 heterocycles. The number of carbonyl (C=O) groups is 1. The Morgan fingerprint density at radius 2 is 1.92 bits per heavy atom. The van der Waals surface area contributed by atoms with Gasteiger partial charge >= 0.3 is 0 Å². The van der Waals surface area contributed by atoms with E-state index in [4.69, 9.17) is 23.5 Å². The lowest BCUT2D eigenvalue weighted by molar-refractivity contribution is -0.128. The maximum absolute atomic E-state index is 13.5. The summed E-state index contributed by atoms with van der Waals surface area (Å²) in [6.07, 6.45) is 2.43. The molecule has 1 saturated heterocycles. The van der Waals surface area contributed by atoms with E-state index >= 15 is 0 Å². The first-order chi connectivity index (χ1) is 18.8. The van der Waals surface area contributed by atoms with Crippen molar-refractivity contribution in [1.82, 2.24) is 20.4 Å². The van der Waals surface area contributed by atoms with E-state index in [1.165, 1.54) is 0 Å². The third kappa shape index (κ3) is 5.95. The van der Waals surface area contributed by atoms with E-state index in [1.807, 2.05) is 50.2 Å². The molecule has 0 bridgehead atoms. The van der Waals surface area contributed by atoms with Crippen molar-refractivity contribution in [3.63, 3.8) is 0 Å². The Labute approximate surface area is 228 Å². The molecule has 1 N–H and O–H groups in total. The highest BCUT2D eigenvalue weighted by Gasteiger charge is 2.36. The quantitative estimate of drug-likeness (QED) is 0.448. The van der Waals surface area contributed by atoms with Crippen LogP contribution in [0.2, 0.25) is 0 Å². The van der Waals surface area contributed by atoms with Gasteiger partial charge in [0, 0.05) is 24.1 Å². The molecule has 5 rings (SSSR count). The molecule has 1 fully saturated rings. The van der Waals surface area contributed by atoms with Gasteiger partial charge in [0.15, 0.2) is 11.5 Å². The molecule has 2 aliphatic rings. The summed E-state index contributed by atoms with van der Waals surface area (Å²) >= 11 is 0. The molecule has 10 heteroatoms. The Hall–Kier alpha value is -3.79. The molecular weight excluding hydrogens is 500 g/mol. The van der Waals surface area contributed by atoms with Crippen LogP contribution in [-0.4, -0.2) is 61.0 Å². The molecule has 0 saturated carbocycles. The fraction of sp³-hybridized carbons (Fsp3) is 0.483. The van der Waals surface area contributed by atoms with Gasteiger partial charge in [0.2, 0.25) is 17.6 Å². The Balaban J connectivity index is 1.24. The van der Waals surface area contributed by atoms with Crippen LogP contribution in [0.5, 0.6) is 23.0 Å². The van der Waals surface area contributed by atoms with Crippen LogP contribution in [-0.2, 0) is 11.3 Å². The van der Waals surface area contributed by atoms with Crippen LogP contribution in [0.1, 0.15) is 50.6 Å². The van der Waals surface area contributed by atoms with E-state index in [9.17, 15) is 4.79 Å². The summed E-state index contributed by atoms with van der Waals surface area (Å²) in [4.78, 5) is 20.2. The fourth-order valence-corrected chi connectivity index (χ4v) is 5.39. The number of likely N-dealkylation sites (tertiary alicyclic amines) is 1. The molecule has 10 nitrogen and oxygen atoms in total. The van der Waals surface area contributed by atoms with Crippen molar-refractivity contribution in [1.29, 1.82) is 0 Å². The lowest BCUT2D eigenvalue weighted by atomic mass is 9.88. The number of aromatic nitrogens is 2. The first-order valence-electron chi connectivity index (χ1n) is 13.2. The standard InChI is InChI=1S/C29H36N4O6/c1-29(2)15-22(21-14-20(35-3)9-11-23(21)38-29)30-28(34)19-7-6-12-33(16-19)17-26-31-27(32-39-26)18-8-10-24(36-4)25(13-18)37-5/h8-11,13-14,19,22H,6-7,12,15-17H2,1-5H3,(H,30,34).